The van der Waals surface area contributed by atoms with Crippen LogP contribution in [0.2, 0.25) is 0 Å². The SMILES string of the molecule is CCCCCCCCCCCCN=Cc1cc(N=Nc2ccncc2)ccc1O. The van der Waals surface area contributed by atoms with Crippen LogP contribution >= 0.6 is 0 Å². The van der Waals surface area contributed by atoms with Gasteiger partial charge in [0.15, 0.2) is 0 Å². The van der Waals surface area contributed by atoms with Crippen LogP contribution in [0, 0.1) is 0 Å². The van der Waals surface area contributed by atoms with Gasteiger partial charge in [-0.25, -0.2) is 0 Å². The Kier molecular flexibility index (Phi) is 11.3. The van der Waals surface area contributed by atoms with Crippen LogP contribution in [0.5, 0.6) is 5.75 Å². The molecule has 156 valence electrons. The van der Waals surface area contributed by atoms with E-state index in [4.69, 9.17) is 0 Å². The molecule has 0 bridgehead atoms. The molecule has 29 heavy (non-hydrogen) atoms. The molecule has 1 aromatic heterocycles. The van der Waals surface area contributed by atoms with Gasteiger partial charge in [0.05, 0.1) is 11.4 Å². The van der Waals surface area contributed by atoms with Crippen LogP contribution in [0.3, 0.4) is 0 Å². The van der Waals surface area contributed by atoms with Crippen LogP contribution in [0.25, 0.3) is 0 Å². The topological polar surface area (TPSA) is 70.2 Å². The minimum atomic E-state index is 0.208. The molecule has 2 rings (SSSR count). The number of nitrogens with zero attached hydrogens (tertiary/aromatic N) is 4. The molecular formula is C24H34N4O. The number of unbranched alkanes of at least 4 members (excludes halogenated alkanes) is 9. The summed E-state index contributed by atoms with van der Waals surface area (Å²) in [7, 11) is 0. The Bertz CT molecular complexity index is 744. The van der Waals surface area contributed by atoms with Gasteiger partial charge in [0.1, 0.15) is 5.75 Å². The molecule has 0 unspecified atom stereocenters. The number of hydrogen-bond donors (Lipinski definition) is 1. The summed E-state index contributed by atoms with van der Waals surface area (Å²) in [5.74, 6) is 0.208. The smallest absolute Gasteiger partial charge is 0.124 e. The van der Waals surface area contributed by atoms with E-state index in [0.717, 1.165) is 18.7 Å². The molecule has 0 atom stereocenters. The maximum atomic E-state index is 10.0. The molecule has 0 amide bonds. The van der Waals surface area contributed by atoms with Crippen LogP contribution < -0.4 is 0 Å². The largest absolute Gasteiger partial charge is 0.507 e. The number of benzene rings is 1. The summed E-state index contributed by atoms with van der Waals surface area (Å²) < 4.78 is 0. The third-order valence-electron chi connectivity index (χ3n) is 4.83. The van der Waals surface area contributed by atoms with Gasteiger partial charge in [-0.1, -0.05) is 64.7 Å². The van der Waals surface area contributed by atoms with Crippen molar-refractivity contribution in [1.29, 1.82) is 0 Å². The van der Waals surface area contributed by atoms with Gasteiger partial charge < -0.3 is 5.11 Å². The molecule has 1 N–H and O–H groups in total. The first-order valence-corrected chi connectivity index (χ1v) is 10.9. The van der Waals surface area contributed by atoms with Gasteiger partial charge in [-0.2, -0.15) is 10.2 Å². The third-order valence-corrected chi connectivity index (χ3v) is 4.83. The summed E-state index contributed by atoms with van der Waals surface area (Å²) in [4.78, 5) is 8.42. The van der Waals surface area contributed by atoms with Crippen molar-refractivity contribution in [3.63, 3.8) is 0 Å². The summed E-state index contributed by atoms with van der Waals surface area (Å²) >= 11 is 0. The molecule has 2 aromatic rings. The normalized spacial score (nSPS) is 11.6. The quantitative estimate of drug-likeness (QED) is 0.204. The van der Waals surface area contributed by atoms with Gasteiger partial charge in [-0.05, 0) is 36.8 Å². The fourth-order valence-corrected chi connectivity index (χ4v) is 3.09. The highest BCUT2D eigenvalue weighted by Crippen LogP contribution is 2.24. The number of phenolic OH excluding ortho intramolecular Hbond substituents is 1. The summed E-state index contributed by atoms with van der Waals surface area (Å²) in [6, 6.07) is 8.74. The molecule has 0 fully saturated rings. The third kappa shape index (κ3) is 9.97. The predicted molar refractivity (Wildman–Crippen MR) is 121 cm³/mol. The lowest BCUT2D eigenvalue weighted by atomic mass is 10.1. The Morgan fingerprint density at radius 3 is 2.10 bits per heavy atom. The monoisotopic (exact) mass is 394 g/mol. The van der Waals surface area contributed by atoms with Crippen LogP contribution in [0.1, 0.15) is 76.7 Å². The van der Waals surface area contributed by atoms with E-state index in [1.807, 2.05) is 0 Å². The van der Waals surface area contributed by atoms with E-state index in [2.05, 4.69) is 27.1 Å². The molecule has 0 aliphatic rings. The van der Waals surface area contributed by atoms with E-state index in [1.165, 1.54) is 57.8 Å². The predicted octanol–water partition coefficient (Wildman–Crippen LogP) is 7.54. The average Bonchev–Trinajstić information content (AvgIpc) is 2.75. The summed E-state index contributed by atoms with van der Waals surface area (Å²) in [6.45, 7) is 3.05. The van der Waals surface area contributed by atoms with Gasteiger partial charge >= 0.3 is 0 Å². The van der Waals surface area contributed by atoms with Crippen LogP contribution in [0.4, 0.5) is 11.4 Å². The Labute approximate surface area is 175 Å². The minimum Gasteiger partial charge on any atom is -0.507 e. The Morgan fingerprint density at radius 2 is 1.41 bits per heavy atom. The zero-order valence-corrected chi connectivity index (χ0v) is 17.6. The maximum absolute atomic E-state index is 10.0. The first kappa shape index (κ1) is 22.7. The molecular weight excluding hydrogens is 360 g/mol. The lowest BCUT2D eigenvalue weighted by Gasteiger charge is -2.02. The summed E-state index contributed by atoms with van der Waals surface area (Å²) in [6.07, 6.45) is 18.2. The van der Waals surface area contributed by atoms with E-state index in [1.54, 1.807) is 48.9 Å². The van der Waals surface area contributed by atoms with Gasteiger partial charge in [0, 0.05) is 30.7 Å². The second-order valence-corrected chi connectivity index (χ2v) is 7.37. The zero-order valence-electron chi connectivity index (χ0n) is 17.6. The molecule has 0 aliphatic heterocycles. The van der Waals surface area contributed by atoms with Crippen LogP contribution in [-0.4, -0.2) is 22.8 Å². The van der Waals surface area contributed by atoms with Crippen molar-refractivity contribution in [3.8, 4) is 5.75 Å². The van der Waals surface area contributed by atoms with Crippen LogP contribution in [-0.2, 0) is 0 Å². The molecule has 0 saturated heterocycles. The Balaban J connectivity index is 1.66. The van der Waals surface area contributed by atoms with Crippen molar-refractivity contribution in [1.82, 2.24) is 4.98 Å². The molecule has 5 nitrogen and oxygen atoms in total. The average molecular weight is 395 g/mol. The lowest BCUT2D eigenvalue weighted by Crippen LogP contribution is -1.87. The fraction of sp³-hybridized carbons (Fsp3) is 0.500. The van der Waals surface area contributed by atoms with Crippen molar-refractivity contribution < 1.29 is 5.11 Å². The highest BCUT2D eigenvalue weighted by Gasteiger charge is 2.00. The Hall–Kier alpha value is -2.56. The highest BCUT2D eigenvalue weighted by atomic mass is 16.3. The fourth-order valence-electron chi connectivity index (χ4n) is 3.09. The molecule has 0 radical (unpaired) electrons. The first-order chi connectivity index (χ1) is 14.3. The van der Waals surface area contributed by atoms with Crippen molar-refractivity contribution in [2.45, 2.75) is 71.1 Å². The van der Waals surface area contributed by atoms with E-state index >= 15 is 0 Å². The second kappa shape index (κ2) is 14.4. The lowest BCUT2D eigenvalue weighted by molar-refractivity contribution is 0.474. The summed E-state index contributed by atoms with van der Waals surface area (Å²) in [5.41, 5.74) is 2.09. The van der Waals surface area contributed by atoms with Crippen LogP contribution in [0.15, 0.2) is 57.9 Å². The molecule has 1 aromatic carbocycles. The molecule has 0 aliphatic carbocycles. The second-order valence-electron chi connectivity index (χ2n) is 7.37. The first-order valence-electron chi connectivity index (χ1n) is 10.9. The van der Waals surface area contributed by atoms with E-state index in [0.29, 0.717) is 11.3 Å². The number of aliphatic imine (C=N–C) groups is 1. The molecule has 5 heteroatoms. The van der Waals surface area contributed by atoms with E-state index < -0.39 is 0 Å². The minimum absolute atomic E-state index is 0.208. The number of aromatic hydroxyl groups is 1. The van der Waals surface area contributed by atoms with Crippen molar-refractivity contribution in [2.24, 2.45) is 15.2 Å². The number of phenols is 1. The number of azo groups is 1. The maximum Gasteiger partial charge on any atom is 0.124 e. The van der Waals surface area contributed by atoms with Gasteiger partial charge in [-0.15, -0.1) is 0 Å². The van der Waals surface area contributed by atoms with Crippen molar-refractivity contribution in [2.75, 3.05) is 6.54 Å². The summed E-state index contributed by atoms with van der Waals surface area (Å²) in [5, 5.41) is 18.4. The highest BCUT2D eigenvalue weighted by molar-refractivity contribution is 5.84. The van der Waals surface area contributed by atoms with E-state index in [9.17, 15) is 5.11 Å². The number of rotatable bonds is 14. The van der Waals surface area contributed by atoms with Gasteiger partial charge in [0.25, 0.3) is 0 Å². The molecule has 0 saturated carbocycles. The number of hydrogen-bond acceptors (Lipinski definition) is 5. The molecule has 0 spiro atoms. The zero-order chi connectivity index (χ0) is 20.6. The van der Waals surface area contributed by atoms with Gasteiger partial charge in [0.2, 0.25) is 0 Å². The number of pyridine rings is 1. The standard InChI is InChI=1S/C24H34N4O/c1-2-3-4-5-6-7-8-9-10-11-16-26-20-21-19-23(12-13-24(21)29)28-27-22-14-17-25-18-15-22/h12-15,17-20,29H,2-11,16H2,1H3. The number of aromatic nitrogens is 1. The van der Waals surface area contributed by atoms with Crippen molar-refractivity contribution >= 4 is 17.6 Å². The molecule has 1 heterocycles. The van der Waals surface area contributed by atoms with E-state index in [-0.39, 0.29) is 5.75 Å². The Morgan fingerprint density at radius 1 is 0.793 bits per heavy atom. The van der Waals surface area contributed by atoms with Crippen molar-refractivity contribution in [3.05, 3.63) is 48.3 Å². The van der Waals surface area contributed by atoms with Gasteiger partial charge in [-0.3, -0.25) is 9.98 Å².